The molecule has 2 heterocycles. The van der Waals surface area contributed by atoms with E-state index < -0.39 is 17.5 Å². The van der Waals surface area contributed by atoms with Gasteiger partial charge in [-0.05, 0) is 41.5 Å². The van der Waals surface area contributed by atoms with Crippen LogP contribution in [0.25, 0.3) is 28.0 Å². The maximum Gasteiger partial charge on any atom is 0.255 e. The molecule has 0 atom stereocenters. The highest BCUT2D eigenvalue weighted by Gasteiger charge is 2.14. The Kier molecular flexibility index (Phi) is 4.95. The van der Waals surface area contributed by atoms with Gasteiger partial charge in [0.2, 0.25) is 0 Å². The number of anilines is 1. The molecule has 5 aromatic rings. The molecule has 6 heteroatoms. The average molecular weight is 425 g/mol. The van der Waals surface area contributed by atoms with Crippen molar-refractivity contribution >= 4 is 17.2 Å². The molecule has 0 aliphatic carbocycles. The summed E-state index contributed by atoms with van der Waals surface area (Å²) in [4.78, 5) is 17.2. The summed E-state index contributed by atoms with van der Waals surface area (Å²) in [6.45, 7) is 0. The van der Waals surface area contributed by atoms with E-state index in [1.54, 1.807) is 16.5 Å². The summed E-state index contributed by atoms with van der Waals surface area (Å²) < 4.78 is 28.5. The minimum absolute atomic E-state index is 0.0224. The third-order valence-corrected chi connectivity index (χ3v) is 5.20. The number of amides is 1. The monoisotopic (exact) mass is 425 g/mol. The Bertz CT molecular complexity index is 1430. The van der Waals surface area contributed by atoms with Crippen LogP contribution in [0.5, 0.6) is 0 Å². The number of imidazole rings is 1. The first-order chi connectivity index (χ1) is 15.6. The third kappa shape index (κ3) is 3.74. The molecule has 0 saturated heterocycles. The molecule has 0 fully saturated rings. The van der Waals surface area contributed by atoms with Crippen LogP contribution in [-0.2, 0) is 0 Å². The molecule has 0 saturated carbocycles. The van der Waals surface area contributed by atoms with E-state index in [1.807, 2.05) is 54.9 Å². The van der Waals surface area contributed by atoms with E-state index in [2.05, 4.69) is 22.4 Å². The van der Waals surface area contributed by atoms with Gasteiger partial charge in [-0.2, -0.15) is 0 Å². The highest BCUT2D eigenvalue weighted by atomic mass is 19.2. The van der Waals surface area contributed by atoms with Crippen molar-refractivity contribution in [1.82, 2.24) is 9.38 Å². The predicted octanol–water partition coefficient (Wildman–Crippen LogP) is 6.20. The van der Waals surface area contributed by atoms with E-state index in [1.165, 1.54) is 6.07 Å². The van der Waals surface area contributed by atoms with Gasteiger partial charge in [0.15, 0.2) is 17.3 Å². The Labute approximate surface area is 182 Å². The second-order valence-electron chi connectivity index (χ2n) is 7.31. The highest BCUT2D eigenvalue weighted by molar-refractivity contribution is 6.06. The van der Waals surface area contributed by atoms with Crippen LogP contribution in [0.15, 0.2) is 97.3 Å². The standard InChI is InChI=1S/C26H17F2N3O/c27-21-13-12-20(15-22(21)28)26(32)30-23-7-4-14-31-16-24(29-25(23)31)19-10-8-18(9-11-19)17-5-2-1-3-6-17/h1-16H,(H,30,32). The van der Waals surface area contributed by atoms with Crippen molar-refractivity contribution in [3.63, 3.8) is 0 Å². The fourth-order valence-corrected chi connectivity index (χ4v) is 3.55. The molecule has 0 unspecified atom stereocenters. The number of halogens is 2. The maximum absolute atomic E-state index is 13.5. The van der Waals surface area contributed by atoms with E-state index in [9.17, 15) is 13.6 Å². The van der Waals surface area contributed by atoms with Crippen LogP contribution in [0.3, 0.4) is 0 Å². The second-order valence-corrected chi connectivity index (χ2v) is 7.31. The lowest BCUT2D eigenvalue weighted by atomic mass is 10.0. The van der Waals surface area contributed by atoms with Crippen molar-refractivity contribution < 1.29 is 13.6 Å². The van der Waals surface area contributed by atoms with E-state index in [-0.39, 0.29) is 5.56 Å². The summed E-state index contributed by atoms with van der Waals surface area (Å²) in [5.41, 5.74) is 4.97. The van der Waals surface area contributed by atoms with E-state index in [0.29, 0.717) is 11.3 Å². The van der Waals surface area contributed by atoms with Gasteiger partial charge in [0, 0.05) is 23.5 Å². The van der Waals surface area contributed by atoms with Crippen molar-refractivity contribution in [1.29, 1.82) is 0 Å². The maximum atomic E-state index is 13.5. The number of pyridine rings is 1. The molecular formula is C26H17F2N3O. The molecule has 32 heavy (non-hydrogen) atoms. The number of hydrogen-bond acceptors (Lipinski definition) is 2. The minimum Gasteiger partial charge on any atom is -0.319 e. The average Bonchev–Trinajstić information content (AvgIpc) is 3.27. The number of nitrogens with one attached hydrogen (secondary N) is 1. The van der Waals surface area contributed by atoms with Crippen LogP contribution >= 0.6 is 0 Å². The molecule has 0 spiro atoms. The zero-order chi connectivity index (χ0) is 22.1. The van der Waals surface area contributed by atoms with Gasteiger partial charge in [-0.3, -0.25) is 4.79 Å². The second kappa shape index (κ2) is 8.07. The molecule has 1 N–H and O–H groups in total. The van der Waals surface area contributed by atoms with Gasteiger partial charge in [0.25, 0.3) is 5.91 Å². The molecule has 156 valence electrons. The smallest absolute Gasteiger partial charge is 0.255 e. The summed E-state index contributed by atoms with van der Waals surface area (Å²) in [6, 6.07) is 24.7. The van der Waals surface area contributed by atoms with Crippen LogP contribution in [0.4, 0.5) is 14.5 Å². The molecule has 0 bridgehead atoms. The van der Waals surface area contributed by atoms with Gasteiger partial charge in [-0.1, -0.05) is 54.6 Å². The van der Waals surface area contributed by atoms with Crippen LogP contribution in [-0.4, -0.2) is 15.3 Å². The number of fused-ring (bicyclic) bond motifs is 1. The van der Waals surface area contributed by atoms with Crippen molar-refractivity contribution in [2.24, 2.45) is 0 Å². The summed E-state index contributed by atoms with van der Waals surface area (Å²) in [5.74, 6) is -2.62. The normalized spacial score (nSPS) is 10.9. The van der Waals surface area contributed by atoms with Gasteiger partial charge in [0.1, 0.15) is 0 Å². The lowest BCUT2D eigenvalue weighted by molar-refractivity contribution is 0.102. The van der Waals surface area contributed by atoms with Gasteiger partial charge >= 0.3 is 0 Å². The Morgan fingerprint density at radius 2 is 1.50 bits per heavy atom. The molecule has 4 nitrogen and oxygen atoms in total. The topological polar surface area (TPSA) is 46.4 Å². The lowest BCUT2D eigenvalue weighted by Crippen LogP contribution is -2.13. The largest absolute Gasteiger partial charge is 0.319 e. The first-order valence-electron chi connectivity index (χ1n) is 9.98. The minimum atomic E-state index is -1.07. The summed E-state index contributed by atoms with van der Waals surface area (Å²) >= 11 is 0. The molecule has 2 aromatic heterocycles. The summed E-state index contributed by atoms with van der Waals surface area (Å²) in [7, 11) is 0. The van der Waals surface area contributed by atoms with Gasteiger partial charge in [-0.15, -0.1) is 0 Å². The number of carbonyl (C=O) groups is 1. The number of nitrogens with zero attached hydrogens (tertiary/aromatic N) is 2. The van der Waals surface area contributed by atoms with Gasteiger partial charge in [-0.25, -0.2) is 13.8 Å². The fourth-order valence-electron chi connectivity index (χ4n) is 3.55. The number of benzene rings is 3. The van der Waals surface area contributed by atoms with E-state index in [0.717, 1.165) is 34.5 Å². The lowest BCUT2D eigenvalue weighted by Gasteiger charge is -2.07. The molecular weight excluding hydrogens is 408 g/mol. The first-order valence-corrected chi connectivity index (χ1v) is 9.98. The summed E-state index contributed by atoms with van der Waals surface area (Å²) in [5, 5.41) is 2.73. The third-order valence-electron chi connectivity index (χ3n) is 5.20. The fraction of sp³-hybridized carbons (Fsp3) is 0. The SMILES string of the molecule is O=C(Nc1cccn2cc(-c3ccc(-c4ccccc4)cc3)nc12)c1ccc(F)c(F)c1. The number of hydrogen-bond donors (Lipinski definition) is 1. The summed E-state index contributed by atoms with van der Waals surface area (Å²) in [6.07, 6.45) is 3.71. The van der Waals surface area contributed by atoms with E-state index >= 15 is 0 Å². The predicted molar refractivity (Wildman–Crippen MR) is 120 cm³/mol. The number of carbonyl (C=O) groups excluding carboxylic acids is 1. The van der Waals surface area contributed by atoms with Crippen molar-refractivity contribution in [3.05, 3.63) is 115 Å². The zero-order valence-electron chi connectivity index (χ0n) is 16.8. The molecule has 0 radical (unpaired) electrons. The molecule has 5 rings (SSSR count). The Hall–Kier alpha value is -4.32. The van der Waals surface area contributed by atoms with Crippen molar-refractivity contribution in [2.75, 3.05) is 5.32 Å². The molecule has 3 aromatic carbocycles. The number of rotatable bonds is 4. The number of aromatic nitrogens is 2. The Balaban J connectivity index is 1.44. The Morgan fingerprint density at radius 3 is 2.25 bits per heavy atom. The van der Waals surface area contributed by atoms with Crippen LogP contribution in [0, 0.1) is 11.6 Å². The van der Waals surface area contributed by atoms with Crippen LogP contribution in [0.1, 0.15) is 10.4 Å². The van der Waals surface area contributed by atoms with Gasteiger partial charge < -0.3 is 9.72 Å². The van der Waals surface area contributed by atoms with Crippen LogP contribution in [0.2, 0.25) is 0 Å². The van der Waals surface area contributed by atoms with E-state index in [4.69, 9.17) is 0 Å². The molecule has 1 amide bonds. The van der Waals surface area contributed by atoms with Gasteiger partial charge in [0.05, 0.1) is 11.4 Å². The zero-order valence-corrected chi connectivity index (χ0v) is 16.8. The van der Waals surface area contributed by atoms with Crippen molar-refractivity contribution in [2.45, 2.75) is 0 Å². The van der Waals surface area contributed by atoms with Crippen molar-refractivity contribution in [3.8, 4) is 22.4 Å². The first kappa shape index (κ1) is 19.6. The molecule has 0 aliphatic rings. The van der Waals surface area contributed by atoms with Crippen LogP contribution < -0.4 is 5.32 Å². The Morgan fingerprint density at radius 1 is 0.781 bits per heavy atom. The highest BCUT2D eigenvalue weighted by Crippen LogP contribution is 2.26. The quantitative estimate of drug-likeness (QED) is 0.373. The molecule has 0 aliphatic heterocycles.